The van der Waals surface area contributed by atoms with Crippen molar-refractivity contribution in [1.82, 2.24) is 19.6 Å². The number of aromatic nitrogens is 4. The van der Waals surface area contributed by atoms with E-state index in [9.17, 15) is 4.79 Å². The van der Waals surface area contributed by atoms with E-state index in [0.29, 0.717) is 17.0 Å². The van der Waals surface area contributed by atoms with E-state index in [2.05, 4.69) is 20.4 Å². The van der Waals surface area contributed by atoms with E-state index < -0.39 is 0 Å². The number of nitrogens with one attached hydrogen (secondary N) is 1. The predicted molar refractivity (Wildman–Crippen MR) is 74.7 cm³/mol. The topological polar surface area (TPSA) is 72.2 Å². The molecule has 0 saturated heterocycles. The molecule has 1 N–H and O–H groups in total. The molecule has 0 radical (unpaired) electrons. The molecule has 0 unspecified atom stereocenters. The van der Waals surface area contributed by atoms with Gasteiger partial charge in [-0.15, -0.1) is 0 Å². The SMILES string of the molecule is Cc1ccc(NC(=O)c2cnc3ncnn3c2C)cc1. The number of carbonyl (C=O) groups is 1. The summed E-state index contributed by atoms with van der Waals surface area (Å²) in [5, 5.41) is 6.89. The highest BCUT2D eigenvalue weighted by molar-refractivity contribution is 6.04. The van der Waals surface area contributed by atoms with Gasteiger partial charge in [-0.2, -0.15) is 10.1 Å². The Morgan fingerprint density at radius 2 is 1.90 bits per heavy atom. The lowest BCUT2D eigenvalue weighted by molar-refractivity contribution is 0.102. The van der Waals surface area contributed by atoms with Crippen molar-refractivity contribution in [1.29, 1.82) is 0 Å². The van der Waals surface area contributed by atoms with Crippen molar-refractivity contribution in [3.63, 3.8) is 0 Å². The minimum Gasteiger partial charge on any atom is -0.322 e. The summed E-state index contributed by atoms with van der Waals surface area (Å²) in [4.78, 5) is 20.4. The Hall–Kier alpha value is -2.76. The van der Waals surface area contributed by atoms with Crippen molar-refractivity contribution < 1.29 is 4.79 Å². The van der Waals surface area contributed by atoms with Crippen molar-refractivity contribution in [2.75, 3.05) is 5.32 Å². The summed E-state index contributed by atoms with van der Waals surface area (Å²) in [5.74, 6) is 0.269. The van der Waals surface area contributed by atoms with Gasteiger partial charge in [0.2, 0.25) is 0 Å². The number of hydrogen-bond donors (Lipinski definition) is 1. The molecule has 2 aromatic heterocycles. The minimum absolute atomic E-state index is 0.212. The van der Waals surface area contributed by atoms with Crippen molar-refractivity contribution >= 4 is 17.4 Å². The van der Waals surface area contributed by atoms with Crippen LogP contribution in [0.15, 0.2) is 36.8 Å². The Labute approximate surface area is 115 Å². The summed E-state index contributed by atoms with van der Waals surface area (Å²) < 4.78 is 1.55. The molecule has 6 nitrogen and oxygen atoms in total. The molecule has 1 amide bonds. The van der Waals surface area contributed by atoms with Gasteiger partial charge in [-0.1, -0.05) is 17.7 Å². The van der Waals surface area contributed by atoms with Crippen molar-refractivity contribution in [2.24, 2.45) is 0 Å². The van der Waals surface area contributed by atoms with E-state index in [1.54, 1.807) is 4.52 Å². The van der Waals surface area contributed by atoms with Gasteiger partial charge < -0.3 is 5.32 Å². The third kappa shape index (κ3) is 2.11. The molecule has 0 aliphatic carbocycles. The van der Waals surface area contributed by atoms with E-state index in [4.69, 9.17) is 0 Å². The Bertz CT molecular complexity index is 776. The Kier molecular flexibility index (Phi) is 2.90. The number of anilines is 1. The van der Waals surface area contributed by atoms with Gasteiger partial charge in [0.15, 0.2) is 0 Å². The number of amides is 1. The molecule has 0 atom stereocenters. The first-order valence-corrected chi connectivity index (χ1v) is 6.18. The normalized spacial score (nSPS) is 10.7. The van der Waals surface area contributed by atoms with Crippen LogP contribution in [0.4, 0.5) is 5.69 Å². The van der Waals surface area contributed by atoms with Crippen molar-refractivity contribution in [3.8, 4) is 0 Å². The Morgan fingerprint density at radius 3 is 2.65 bits per heavy atom. The summed E-state index contributed by atoms with van der Waals surface area (Å²) in [5.41, 5.74) is 3.07. The van der Waals surface area contributed by atoms with Crippen LogP contribution in [0.3, 0.4) is 0 Å². The van der Waals surface area contributed by atoms with Crippen LogP contribution in [0.25, 0.3) is 5.78 Å². The highest BCUT2D eigenvalue weighted by atomic mass is 16.1. The zero-order valence-corrected chi connectivity index (χ0v) is 11.2. The molecule has 0 saturated carbocycles. The van der Waals surface area contributed by atoms with Crippen LogP contribution in [0, 0.1) is 13.8 Å². The smallest absolute Gasteiger partial charge is 0.259 e. The lowest BCUT2D eigenvalue weighted by Crippen LogP contribution is -2.16. The number of carbonyl (C=O) groups excluding carboxylic acids is 1. The number of fused-ring (bicyclic) bond motifs is 1. The van der Waals surface area contributed by atoms with Crippen LogP contribution in [-0.4, -0.2) is 25.5 Å². The van der Waals surface area contributed by atoms with E-state index >= 15 is 0 Å². The summed E-state index contributed by atoms with van der Waals surface area (Å²) in [7, 11) is 0. The van der Waals surface area contributed by atoms with Crippen LogP contribution in [0.1, 0.15) is 21.6 Å². The largest absolute Gasteiger partial charge is 0.322 e. The molecular formula is C14H13N5O. The molecule has 0 aliphatic heterocycles. The van der Waals surface area contributed by atoms with Gasteiger partial charge in [-0.05, 0) is 26.0 Å². The summed E-state index contributed by atoms with van der Waals surface area (Å²) >= 11 is 0. The summed E-state index contributed by atoms with van der Waals surface area (Å²) in [6.45, 7) is 3.81. The van der Waals surface area contributed by atoms with Gasteiger partial charge in [0.1, 0.15) is 6.33 Å². The maximum Gasteiger partial charge on any atom is 0.259 e. The molecular weight excluding hydrogens is 254 g/mol. The number of nitrogens with zero attached hydrogens (tertiary/aromatic N) is 4. The second-order valence-corrected chi connectivity index (χ2v) is 4.55. The van der Waals surface area contributed by atoms with Gasteiger partial charge in [0.25, 0.3) is 11.7 Å². The first kappa shape index (κ1) is 12.3. The quantitative estimate of drug-likeness (QED) is 0.770. The maximum absolute atomic E-state index is 12.3. The van der Waals surface area contributed by atoms with Gasteiger partial charge in [0.05, 0.1) is 11.3 Å². The zero-order chi connectivity index (χ0) is 14.1. The van der Waals surface area contributed by atoms with Gasteiger partial charge in [0, 0.05) is 11.9 Å². The maximum atomic E-state index is 12.3. The molecule has 20 heavy (non-hydrogen) atoms. The molecule has 0 spiro atoms. The second kappa shape index (κ2) is 4.73. The van der Waals surface area contributed by atoms with Gasteiger partial charge in [-0.25, -0.2) is 9.50 Å². The van der Waals surface area contributed by atoms with Crippen LogP contribution in [0.2, 0.25) is 0 Å². The monoisotopic (exact) mass is 267 g/mol. The fourth-order valence-corrected chi connectivity index (χ4v) is 1.95. The predicted octanol–water partition coefficient (Wildman–Crippen LogP) is 1.99. The third-order valence-corrected chi connectivity index (χ3v) is 3.10. The second-order valence-electron chi connectivity index (χ2n) is 4.55. The average Bonchev–Trinajstić information content (AvgIpc) is 2.91. The molecule has 1 aromatic carbocycles. The number of aryl methyl sites for hydroxylation is 2. The first-order valence-electron chi connectivity index (χ1n) is 6.18. The van der Waals surface area contributed by atoms with Crippen LogP contribution in [0.5, 0.6) is 0 Å². The van der Waals surface area contributed by atoms with Crippen molar-refractivity contribution in [3.05, 3.63) is 53.6 Å². The van der Waals surface area contributed by atoms with Crippen molar-refractivity contribution in [2.45, 2.75) is 13.8 Å². The Balaban J connectivity index is 1.92. The molecule has 2 heterocycles. The molecule has 6 heteroatoms. The number of rotatable bonds is 2. The average molecular weight is 267 g/mol. The fraction of sp³-hybridized carbons (Fsp3) is 0.143. The van der Waals surface area contributed by atoms with E-state index in [1.165, 1.54) is 12.5 Å². The summed E-state index contributed by atoms with van der Waals surface area (Å²) in [6, 6.07) is 7.62. The molecule has 0 bridgehead atoms. The van der Waals surface area contributed by atoms with Gasteiger partial charge in [-0.3, -0.25) is 4.79 Å². The Morgan fingerprint density at radius 1 is 1.15 bits per heavy atom. The molecule has 100 valence electrons. The first-order chi connectivity index (χ1) is 9.65. The molecule has 0 fully saturated rings. The molecule has 0 aliphatic rings. The highest BCUT2D eigenvalue weighted by Crippen LogP contribution is 2.13. The third-order valence-electron chi connectivity index (χ3n) is 3.10. The molecule has 3 rings (SSSR count). The fourth-order valence-electron chi connectivity index (χ4n) is 1.95. The molecule has 3 aromatic rings. The number of hydrogen-bond acceptors (Lipinski definition) is 4. The summed E-state index contributed by atoms with van der Waals surface area (Å²) in [6.07, 6.45) is 2.93. The number of benzene rings is 1. The van der Waals surface area contributed by atoms with Gasteiger partial charge >= 0.3 is 0 Å². The van der Waals surface area contributed by atoms with Crippen LogP contribution < -0.4 is 5.32 Å². The lowest BCUT2D eigenvalue weighted by Gasteiger charge is -2.08. The van der Waals surface area contributed by atoms with Crippen LogP contribution >= 0.6 is 0 Å². The van der Waals surface area contributed by atoms with E-state index in [1.807, 2.05) is 38.1 Å². The van der Waals surface area contributed by atoms with E-state index in [-0.39, 0.29) is 5.91 Å². The zero-order valence-electron chi connectivity index (χ0n) is 11.2. The highest BCUT2D eigenvalue weighted by Gasteiger charge is 2.13. The standard InChI is InChI=1S/C14H13N5O/c1-9-3-5-11(6-4-9)18-13(20)12-7-15-14-16-8-17-19(14)10(12)2/h3-8H,1-2H3,(H,18,20). The van der Waals surface area contributed by atoms with E-state index in [0.717, 1.165) is 11.3 Å². The lowest BCUT2D eigenvalue weighted by atomic mass is 10.2. The van der Waals surface area contributed by atoms with Crippen LogP contribution in [-0.2, 0) is 0 Å². The minimum atomic E-state index is -0.212.